The van der Waals surface area contributed by atoms with Crippen molar-refractivity contribution in [2.45, 2.75) is 59.2 Å². The first-order chi connectivity index (χ1) is 7.99. The summed E-state index contributed by atoms with van der Waals surface area (Å²) in [4.78, 5) is 0. The van der Waals surface area contributed by atoms with E-state index in [0.29, 0.717) is 18.2 Å². The molecule has 2 rings (SSSR count). The molecule has 94 valence electrons. The Bertz CT molecular complexity index is 412. The molecule has 2 unspecified atom stereocenters. The van der Waals surface area contributed by atoms with E-state index in [9.17, 15) is 0 Å². The third kappa shape index (κ3) is 2.47. The highest BCUT2D eigenvalue weighted by Gasteiger charge is 2.28. The molecule has 0 aromatic heterocycles. The van der Waals surface area contributed by atoms with Crippen molar-refractivity contribution in [2.75, 3.05) is 0 Å². The van der Waals surface area contributed by atoms with Gasteiger partial charge in [-0.05, 0) is 31.9 Å². The van der Waals surface area contributed by atoms with Crippen LogP contribution in [-0.2, 0) is 0 Å². The molecule has 1 heterocycles. The lowest BCUT2D eigenvalue weighted by atomic mass is 9.91. The Labute approximate surface area is 104 Å². The summed E-state index contributed by atoms with van der Waals surface area (Å²) in [5.41, 5.74) is 3.93. The first kappa shape index (κ1) is 12.4. The molecule has 0 aliphatic carbocycles. The fourth-order valence-corrected chi connectivity index (χ4v) is 2.65. The van der Waals surface area contributed by atoms with Gasteiger partial charge in [0.2, 0.25) is 0 Å². The number of ether oxygens (including phenoxy) is 1. The monoisotopic (exact) mass is 233 g/mol. The zero-order valence-corrected chi connectivity index (χ0v) is 11.5. The molecule has 0 bridgehead atoms. The third-order valence-electron chi connectivity index (χ3n) is 3.38. The summed E-state index contributed by atoms with van der Waals surface area (Å²) in [7, 11) is 0. The van der Waals surface area contributed by atoms with Crippen molar-refractivity contribution in [3.8, 4) is 5.75 Å². The first-order valence-electron chi connectivity index (χ1n) is 6.52. The lowest BCUT2D eigenvalue weighted by Gasteiger charge is -2.34. The van der Waals surface area contributed by atoms with E-state index in [4.69, 9.17) is 4.74 Å². The predicted octanol–water partition coefficient (Wildman–Crippen LogP) is 3.51. The summed E-state index contributed by atoms with van der Waals surface area (Å²) in [6, 6.07) is 5.27. The van der Waals surface area contributed by atoms with E-state index >= 15 is 0 Å². The minimum absolute atomic E-state index is 0.291. The number of benzene rings is 1. The Morgan fingerprint density at radius 1 is 1.24 bits per heavy atom. The second-order valence-corrected chi connectivity index (χ2v) is 5.48. The van der Waals surface area contributed by atoms with Crippen LogP contribution in [0.25, 0.3) is 0 Å². The molecule has 0 saturated carbocycles. The predicted molar refractivity (Wildman–Crippen MR) is 71.6 cm³/mol. The smallest absolute Gasteiger partial charge is 0.127 e. The van der Waals surface area contributed by atoms with Gasteiger partial charge in [-0.15, -0.1) is 0 Å². The molecule has 1 N–H and O–H groups in total. The molecule has 0 fully saturated rings. The second-order valence-electron chi connectivity index (χ2n) is 5.48. The van der Waals surface area contributed by atoms with Gasteiger partial charge in [0.15, 0.2) is 0 Å². The Hall–Kier alpha value is -1.02. The Morgan fingerprint density at radius 3 is 2.53 bits per heavy atom. The highest BCUT2D eigenvalue weighted by atomic mass is 16.5. The maximum Gasteiger partial charge on any atom is 0.127 e. The van der Waals surface area contributed by atoms with Gasteiger partial charge in [0.25, 0.3) is 0 Å². The second kappa shape index (κ2) is 4.69. The summed E-state index contributed by atoms with van der Waals surface area (Å²) in [6.07, 6.45) is 1.34. The minimum Gasteiger partial charge on any atom is -0.490 e. The van der Waals surface area contributed by atoms with E-state index < -0.39 is 0 Å². The van der Waals surface area contributed by atoms with Crippen LogP contribution in [0.1, 0.15) is 49.9 Å². The van der Waals surface area contributed by atoms with Crippen molar-refractivity contribution in [3.63, 3.8) is 0 Å². The lowest BCUT2D eigenvalue weighted by molar-refractivity contribution is 0.162. The van der Waals surface area contributed by atoms with Crippen LogP contribution in [-0.4, -0.2) is 12.1 Å². The van der Waals surface area contributed by atoms with Crippen LogP contribution < -0.4 is 10.1 Å². The molecule has 1 aliphatic rings. The first-order valence-corrected chi connectivity index (χ1v) is 6.52. The molecule has 1 aromatic rings. The van der Waals surface area contributed by atoms with Crippen LogP contribution in [0.5, 0.6) is 5.75 Å². The fraction of sp³-hybridized carbons (Fsp3) is 0.600. The number of fused-ring (bicyclic) bond motifs is 1. The number of aryl methyl sites for hydroxylation is 2. The summed E-state index contributed by atoms with van der Waals surface area (Å²) in [5, 5.41) is 3.66. The van der Waals surface area contributed by atoms with Crippen LogP contribution in [0, 0.1) is 13.8 Å². The quantitative estimate of drug-likeness (QED) is 0.844. The maximum absolute atomic E-state index is 6.02. The zero-order chi connectivity index (χ0) is 12.6. The van der Waals surface area contributed by atoms with Gasteiger partial charge >= 0.3 is 0 Å². The number of rotatable bonds is 2. The molecule has 2 atom stereocenters. The fourth-order valence-electron chi connectivity index (χ4n) is 2.65. The molecule has 0 radical (unpaired) electrons. The average Bonchev–Trinajstić information content (AvgIpc) is 2.22. The molecular weight excluding hydrogens is 210 g/mol. The van der Waals surface area contributed by atoms with Crippen molar-refractivity contribution in [1.29, 1.82) is 0 Å². The van der Waals surface area contributed by atoms with Gasteiger partial charge in [-0.1, -0.05) is 26.0 Å². The molecule has 2 heteroatoms. The topological polar surface area (TPSA) is 21.3 Å². The number of hydrogen-bond donors (Lipinski definition) is 1. The van der Waals surface area contributed by atoms with Gasteiger partial charge in [0, 0.05) is 24.1 Å². The van der Waals surface area contributed by atoms with Crippen LogP contribution in [0.3, 0.4) is 0 Å². The summed E-state index contributed by atoms with van der Waals surface area (Å²) in [5.74, 6) is 1.10. The molecule has 17 heavy (non-hydrogen) atoms. The standard InChI is InChI=1S/C15H23NO/c1-9(2)16-13-8-12(5)17-15-11(4)7-6-10(3)14(13)15/h6-7,9,12-13,16H,8H2,1-5H3. The van der Waals surface area contributed by atoms with Crippen molar-refractivity contribution in [3.05, 3.63) is 28.8 Å². The van der Waals surface area contributed by atoms with E-state index in [0.717, 1.165) is 12.2 Å². The zero-order valence-electron chi connectivity index (χ0n) is 11.5. The molecule has 0 spiro atoms. The van der Waals surface area contributed by atoms with Crippen LogP contribution >= 0.6 is 0 Å². The summed E-state index contributed by atoms with van der Waals surface area (Å²) in [6.45, 7) is 10.9. The summed E-state index contributed by atoms with van der Waals surface area (Å²) < 4.78 is 6.02. The van der Waals surface area contributed by atoms with E-state index in [2.05, 4.69) is 52.1 Å². The van der Waals surface area contributed by atoms with E-state index in [-0.39, 0.29) is 0 Å². The van der Waals surface area contributed by atoms with Gasteiger partial charge < -0.3 is 10.1 Å². The van der Waals surface area contributed by atoms with Gasteiger partial charge in [-0.25, -0.2) is 0 Å². The van der Waals surface area contributed by atoms with Gasteiger partial charge in [0.1, 0.15) is 5.75 Å². The Balaban J connectivity index is 2.44. The highest BCUT2D eigenvalue weighted by Crippen LogP contribution is 2.39. The normalized spacial score (nSPS) is 23.4. The van der Waals surface area contributed by atoms with Crippen LogP contribution in [0.4, 0.5) is 0 Å². The van der Waals surface area contributed by atoms with E-state index in [1.165, 1.54) is 16.7 Å². The molecule has 1 aromatic carbocycles. The van der Waals surface area contributed by atoms with Crippen molar-refractivity contribution in [1.82, 2.24) is 5.32 Å². The maximum atomic E-state index is 6.02. The lowest BCUT2D eigenvalue weighted by Crippen LogP contribution is -2.35. The van der Waals surface area contributed by atoms with E-state index in [1.807, 2.05) is 0 Å². The third-order valence-corrected chi connectivity index (χ3v) is 3.38. The molecular formula is C15H23NO. The average molecular weight is 233 g/mol. The van der Waals surface area contributed by atoms with Crippen molar-refractivity contribution in [2.24, 2.45) is 0 Å². The minimum atomic E-state index is 0.291. The van der Waals surface area contributed by atoms with Gasteiger partial charge in [0.05, 0.1) is 6.10 Å². The molecule has 2 nitrogen and oxygen atoms in total. The van der Waals surface area contributed by atoms with Gasteiger partial charge in [-0.3, -0.25) is 0 Å². The van der Waals surface area contributed by atoms with Crippen LogP contribution in [0.15, 0.2) is 12.1 Å². The molecule has 0 amide bonds. The van der Waals surface area contributed by atoms with Crippen molar-refractivity contribution >= 4 is 0 Å². The highest BCUT2D eigenvalue weighted by molar-refractivity contribution is 5.48. The van der Waals surface area contributed by atoms with Gasteiger partial charge in [-0.2, -0.15) is 0 Å². The van der Waals surface area contributed by atoms with E-state index in [1.54, 1.807) is 0 Å². The largest absolute Gasteiger partial charge is 0.490 e. The molecule has 0 saturated heterocycles. The SMILES string of the molecule is Cc1ccc(C)c2c1OC(C)CC2NC(C)C. The Morgan fingerprint density at radius 2 is 1.88 bits per heavy atom. The van der Waals surface area contributed by atoms with Crippen LogP contribution in [0.2, 0.25) is 0 Å². The molecule has 1 aliphatic heterocycles. The number of nitrogens with one attached hydrogen (secondary N) is 1. The number of hydrogen-bond acceptors (Lipinski definition) is 2. The Kier molecular flexibility index (Phi) is 3.43. The summed E-state index contributed by atoms with van der Waals surface area (Å²) >= 11 is 0. The van der Waals surface area contributed by atoms with Crippen molar-refractivity contribution < 1.29 is 4.74 Å².